The molecule has 0 fully saturated rings. The monoisotopic (exact) mass is 290 g/mol. The predicted molar refractivity (Wildman–Crippen MR) is 82.5 cm³/mol. The van der Waals surface area contributed by atoms with E-state index in [1.807, 2.05) is 18.2 Å². The Morgan fingerprint density at radius 2 is 1.90 bits per heavy atom. The Balaban J connectivity index is 2.19. The molecule has 5 heteroatoms. The molecule has 0 unspecified atom stereocenters. The summed E-state index contributed by atoms with van der Waals surface area (Å²) >= 11 is 1.69. The van der Waals surface area contributed by atoms with E-state index in [2.05, 4.69) is 11.9 Å². The van der Waals surface area contributed by atoms with Gasteiger partial charge in [-0.2, -0.15) is 0 Å². The smallest absolute Gasteiger partial charge is 0.161 e. The molecule has 2 aromatic rings. The van der Waals surface area contributed by atoms with Crippen LogP contribution in [0.15, 0.2) is 35.5 Å². The van der Waals surface area contributed by atoms with E-state index in [0.717, 1.165) is 22.1 Å². The van der Waals surface area contributed by atoms with Gasteiger partial charge in [-0.3, -0.25) is 4.98 Å². The van der Waals surface area contributed by atoms with E-state index >= 15 is 0 Å². The highest BCUT2D eigenvalue weighted by Crippen LogP contribution is 2.34. The van der Waals surface area contributed by atoms with Crippen LogP contribution in [-0.4, -0.2) is 19.2 Å². The first kappa shape index (κ1) is 14.5. The summed E-state index contributed by atoms with van der Waals surface area (Å²) in [6.45, 7) is 2.06. The average Bonchev–Trinajstić information content (AvgIpc) is 2.47. The highest BCUT2D eigenvalue weighted by Gasteiger charge is 2.09. The largest absolute Gasteiger partial charge is 0.493 e. The molecule has 1 heterocycles. The van der Waals surface area contributed by atoms with E-state index < -0.39 is 0 Å². The Bertz CT molecular complexity index is 602. The number of thioether (sulfide) groups is 1. The van der Waals surface area contributed by atoms with Gasteiger partial charge in [0.25, 0.3) is 0 Å². The molecule has 0 saturated heterocycles. The van der Waals surface area contributed by atoms with Gasteiger partial charge in [0.15, 0.2) is 11.5 Å². The maximum absolute atomic E-state index is 5.90. The fourth-order valence-corrected chi connectivity index (χ4v) is 2.86. The number of pyridine rings is 1. The number of aryl methyl sites for hydroxylation is 1. The van der Waals surface area contributed by atoms with Crippen molar-refractivity contribution in [3.05, 3.63) is 41.7 Å². The van der Waals surface area contributed by atoms with Crippen LogP contribution in [0.5, 0.6) is 11.5 Å². The van der Waals surface area contributed by atoms with Crippen LogP contribution in [0.1, 0.15) is 11.1 Å². The van der Waals surface area contributed by atoms with Crippen LogP contribution in [0, 0.1) is 6.92 Å². The van der Waals surface area contributed by atoms with Gasteiger partial charge >= 0.3 is 0 Å². The maximum atomic E-state index is 5.90. The summed E-state index contributed by atoms with van der Waals surface area (Å²) < 4.78 is 10.6. The van der Waals surface area contributed by atoms with Crippen molar-refractivity contribution in [1.82, 2.24) is 4.98 Å². The molecule has 0 aliphatic heterocycles. The van der Waals surface area contributed by atoms with Crippen LogP contribution < -0.4 is 15.2 Å². The zero-order valence-corrected chi connectivity index (χ0v) is 12.7. The Morgan fingerprint density at radius 3 is 2.55 bits per heavy atom. The van der Waals surface area contributed by atoms with E-state index in [-0.39, 0.29) is 0 Å². The molecule has 0 saturated carbocycles. The van der Waals surface area contributed by atoms with Crippen LogP contribution in [0.2, 0.25) is 0 Å². The summed E-state index contributed by atoms with van der Waals surface area (Å²) in [5.41, 5.74) is 8.97. The third kappa shape index (κ3) is 3.17. The lowest BCUT2D eigenvalue weighted by molar-refractivity contribution is 0.354. The molecular formula is C15H18N2O2S. The first-order valence-corrected chi connectivity index (χ1v) is 7.18. The summed E-state index contributed by atoms with van der Waals surface area (Å²) in [7, 11) is 3.29. The molecule has 0 aliphatic rings. The molecule has 0 amide bonds. The molecule has 106 valence electrons. The molecule has 0 aliphatic carbocycles. The SMILES string of the molecule is COc1cc(C)c(CSc2ccncc2N)cc1OC. The van der Waals surface area contributed by atoms with Crippen molar-refractivity contribution in [2.24, 2.45) is 0 Å². The Hall–Kier alpha value is -1.88. The van der Waals surface area contributed by atoms with E-state index in [1.54, 1.807) is 38.4 Å². The predicted octanol–water partition coefficient (Wildman–Crippen LogP) is 3.28. The number of anilines is 1. The van der Waals surface area contributed by atoms with Gasteiger partial charge in [0, 0.05) is 16.8 Å². The van der Waals surface area contributed by atoms with Gasteiger partial charge in [-0.25, -0.2) is 0 Å². The molecule has 2 rings (SSSR count). The number of rotatable bonds is 5. The van der Waals surface area contributed by atoms with Crippen molar-refractivity contribution in [1.29, 1.82) is 0 Å². The summed E-state index contributed by atoms with van der Waals surface area (Å²) in [6, 6.07) is 5.93. The minimum atomic E-state index is 0.704. The quantitative estimate of drug-likeness (QED) is 0.856. The second-order valence-corrected chi connectivity index (χ2v) is 5.35. The Morgan fingerprint density at radius 1 is 1.20 bits per heavy atom. The summed E-state index contributed by atoms with van der Waals surface area (Å²) in [6.07, 6.45) is 3.42. The maximum Gasteiger partial charge on any atom is 0.161 e. The zero-order valence-electron chi connectivity index (χ0n) is 11.8. The summed E-state index contributed by atoms with van der Waals surface area (Å²) in [5.74, 6) is 2.32. The van der Waals surface area contributed by atoms with Gasteiger partial charge in [-0.15, -0.1) is 11.8 Å². The number of hydrogen-bond donors (Lipinski definition) is 1. The Kier molecular flexibility index (Phi) is 4.74. The number of nitrogen functional groups attached to an aromatic ring is 1. The average molecular weight is 290 g/mol. The highest BCUT2D eigenvalue weighted by molar-refractivity contribution is 7.98. The highest BCUT2D eigenvalue weighted by atomic mass is 32.2. The lowest BCUT2D eigenvalue weighted by Crippen LogP contribution is -1.95. The van der Waals surface area contributed by atoms with Gasteiger partial charge in [-0.05, 0) is 36.2 Å². The van der Waals surface area contributed by atoms with Crippen LogP contribution in [0.3, 0.4) is 0 Å². The second-order valence-electron chi connectivity index (χ2n) is 4.34. The fraction of sp³-hybridized carbons (Fsp3) is 0.267. The molecule has 0 spiro atoms. The van der Waals surface area contributed by atoms with Crippen molar-refractivity contribution in [2.75, 3.05) is 20.0 Å². The molecule has 2 N–H and O–H groups in total. The van der Waals surface area contributed by atoms with Crippen LogP contribution in [-0.2, 0) is 5.75 Å². The Labute approximate surface area is 123 Å². The molecule has 0 bridgehead atoms. The zero-order chi connectivity index (χ0) is 14.5. The van der Waals surface area contributed by atoms with E-state index in [9.17, 15) is 0 Å². The standard InChI is InChI=1S/C15H18N2O2S/c1-10-6-13(18-2)14(19-3)7-11(10)9-20-15-4-5-17-8-12(15)16/h4-8H,9,16H2,1-3H3. The van der Waals surface area contributed by atoms with Gasteiger partial charge in [0.2, 0.25) is 0 Å². The topological polar surface area (TPSA) is 57.4 Å². The van der Waals surface area contributed by atoms with Crippen molar-refractivity contribution >= 4 is 17.4 Å². The van der Waals surface area contributed by atoms with Crippen molar-refractivity contribution in [2.45, 2.75) is 17.6 Å². The summed E-state index contributed by atoms with van der Waals surface area (Å²) in [5, 5.41) is 0. The lowest BCUT2D eigenvalue weighted by Gasteiger charge is -2.13. The van der Waals surface area contributed by atoms with E-state index in [1.165, 1.54) is 11.1 Å². The lowest BCUT2D eigenvalue weighted by atomic mass is 10.1. The van der Waals surface area contributed by atoms with Crippen LogP contribution >= 0.6 is 11.8 Å². The minimum absolute atomic E-state index is 0.704. The number of hydrogen-bond acceptors (Lipinski definition) is 5. The van der Waals surface area contributed by atoms with Gasteiger partial charge in [0.1, 0.15) is 0 Å². The first-order valence-electron chi connectivity index (χ1n) is 6.19. The number of nitrogens with zero attached hydrogens (tertiary/aromatic N) is 1. The second kappa shape index (κ2) is 6.52. The molecule has 20 heavy (non-hydrogen) atoms. The minimum Gasteiger partial charge on any atom is -0.493 e. The van der Waals surface area contributed by atoms with Crippen LogP contribution in [0.4, 0.5) is 5.69 Å². The van der Waals surface area contributed by atoms with Gasteiger partial charge in [-0.1, -0.05) is 0 Å². The fourth-order valence-electron chi connectivity index (χ4n) is 1.86. The van der Waals surface area contributed by atoms with Gasteiger partial charge in [0.05, 0.1) is 26.1 Å². The van der Waals surface area contributed by atoms with Crippen molar-refractivity contribution in [3.8, 4) is 11.5 Å². The van der Waals surface area contributed by atoms with E-state index in [4.69, 9.17) is 15.2 Å². The normalized spacial score (nSPS) is 10.3. The number of benzene rings is 1. The van der Waals surface area contributed by atoms with E-state index in [0.29, 0.717) is 5.69 Å². The van der Waals surface area contributed by atoms with Crippen molar-refractivity contribution in [3.63, 3.8) is 0 Å². The summed E-state index contributed by atoms with van der Waals surface area (Å²) in [4.78, 5) is 5.03. The number of methoxy groups -OCH3 is 2. The molecule has 4 nitrogen and oxygen atoms in total. The molecular weight excluding hydrogens is 272 g/mol. The number of nitrogens with two attached hydrogens (primary N) is 1. The molecule has 0 radical (unpaired) electrons. The van der Waals surface area contributed by atoms with Crippen LogP contribution in [0.25, 0.3) is 0 Å². The number of aromatic nitrogens is 1. The first-order chi connectivity index (χ1) is 9.65. The molecule has 1 aromatic carbocycles. The van der Waals surface area contributed by atoms with Gasteiger partial charge < -0.3 is 15.2 Å². The van der Waals surface area contributed by atoms with Crippen molar-refractivity contribution < 1.29 is 9.47 Å². The molecule has 0 atom stereocenters. The number of ether oxygens (including phenoxy) is 2. The molecule has 1 aromatic heterocycles. The third-order valence-corrected chi connectivity index (χ3v) is 4.17. The third-order valence-electron chi connectivity index (χ3n) is 3.04.